The van der Waals surface area contributed by atoms with Gasteiger partial charge in [0.05, 0.1) is 27.3 Å². The molecule has 0 bridgehead atoms. The van der Waals surface area contributed by atoms with Crippen LogP contribution in [0.5, 0.6) is 0 Å². The SMILES string of the molecule is Cc1nc(NC(=O)N2[C@H](C)CC[C@H]2C(N)=S)sc1-c1ccnc(C(C)(C)C(F)(F)F)c1. The monoisotopic (exact) mass is 471 g/mol. The molecule has 168 valence electrons. The Bertz CT molecular complexity index is 1000. The van der Waals surface area contributed by atoms with Crippen LogP contribution in [0, 0.1) is 6.92 Å². The summed E-state index contributed by atoms with van der Waals surface area (Å²) < 4.78 is 40.3. The van der Waals surface area contributed by atoms with Gasteiger partial charge in [-0.15, -0.1) is 0 Å². The van der Waals surface area contributed by atoms with Gasteiger partial charge in [0.15, 0.2) is 5.13 Å². The first kappa shape index (κ1) is 23.4. The minimum Gasteiger partial charge on any atom is -0.392 e. The third kappa shape index (κ3) is 4.52. The summed E-state index contributed by atoms with van der Waals surface area (Å²) in [6.07, 6.45) is -1.57. The molecule has 11 heteroatoms. The Kier molecular flexibility index (Phi) is 6.30. The minimum absolute atomic E-state index is 0.0145. The van der Waals surface area contributed by atoms with Crippen molar-refractivity contribution in [1.82, 2.24) is 14.9 Å². The van der Waals surface area contributed by atoms with Crippen LogP contribution in [-0.2, 0) is 5.41 Å². The van der Waals surface area contributed by atoms with E-state index >= 15 is 0 Å². The Morgan fingerprint density at radius 3 is 2.65 bits per heavy atom. The summed E-state index contributed by atoms with van der Waals surface area (Å²) in [5.74, 6) is 0. The Balaban J connectivity index is 1.86. The summed E-state index contributed by atoms with van der Waals surface area (Å²) in [6, 6.07) is 2.38. The number of nitrogens with two attached hydrogens (primary N) is 1. The van der Waals surface area contributed by atoms with Crippen LogP contribution in [0.2, 0.25) is 0 Å². The van der Waals surface area contributed by atoms with Crippen LogP contribution >= 0.6 is 23.6 Å². The number of nitrogens with one attached hydrogen (secondary N) is 1. The van der Waals surface area contributed by atoms with Gasteiger partial charge in [0.1, 0.15) is 5.41 Å². The number of aryl methyl sites for hydroxylation is 1. The molecule has 3 heterocycles. The van der Waals surface area contributed by atoms with E-state index in [1.807, 2.05) is 6.92 Å². The number of pyridine rings is 1. The maximum Gasteiger partial charge on any atom is 0.399 e. The molecule has 0 saturated carbocycles. The number of thiocarbonyl (C=S) groups is 1. The van der Waals surface area contributed by atoms with Gasteiger partial charge in [-0.3, -0.25) is 10.3 Å². The highest BCUT2D eigenvalue weighted by atomic mass is 32.1. The molecule has 3 N–H and O–H groups in total. The van der Waals surface area contributed by atoms with Crippen LogP contribution in [0.25, 0.3) is 10.4 Å². The van der Waals surface area contributed by atoms with E-state index in [9.17, 15) is 18.0 Å². The van der Waals surface area contributed by atoms with Crippen LogP contribution in [0.3, 0.4) is 0 Å². The van der Waals surface area contributed by atoms with E-state index in [4.69, 9.17) is 18.0 Å². The zero-order valence-electron chi connectivity index (χ0n) is 17.6. The average molecular weight is 472 g/mol. The Labute approximate surface area is 188 Å². The predicted octanol–water partition coefficient (Wildman–Crippen LogP) is 5.02. The van der Waals surface area contributed by atoms with Crippen molar-refractivity contribution in [2.75, 3.05) is 5.32 Å². The second kappa shape index (κ2) is 8.34. The summed E-state index contributed by atoms with van der Waals surface area (Å²) in [5.41, 5.74) is 4.76. The fourth-order valence-electron chi connectivity index (χ4n) is 3.54. The van der Waals surface area contributed by atoms with Crippen molar-refractivity contribution in [2.24, 2.45) is 5.73 Å². The molecule has 2 amide bonds. The highest BCUT2D eigenvalue weighted by Crippen LogP contribution is 2.41. The molecule has 0 aromatic carbocycles. The molecule has 1 fully saturated rings. The van der Waals surface area contributed by atoms with Crippen LogP contribution < -0.4 is 11.1 Å². The third-order valence-electron chi connectivity index (χ3n) is 5.61. The topological polar surface area (TPSA) is 84.1 Å². The van der Waals surface area contributed by atoms with Gasteiger partial charge < -0.3 is 10.6 Å². The highest BCUT2D eigenvalue weighted by molar-refractivity contribution is 7.80. The number of amides is 2. The van der Waals surface area contributed by atoms with Gasteiger partial charge in [0.25, 0.3) is 0 Å². The number of hydrogen-bond acceptors (Lipinski definition) is 5. The maximum absolute atomic E-state index is 13.4. The first-order valence-corrected chi connectivity index (χ1v) is 10.9. The Morgan fingerprint density at radius 1 is 1.35 bits per heavy atom. The Morgan fingerprint density at radius 2 is 2.03 bits per heavy atom. The van der Waals surface area contributed by atoms with E-state index in [0.29, 0.717) is 27.7 Å². The van der Waals surface area contributed by atoms with E-state index in [1.165, 1.54) is 23.6 Å². The molecule has 2 aromatic rings. The molecule has 6 nitrogen and oxygen atoms in total. The molecular formula is C20H24F3N5OS2. The summed E-state index contributed by atoms with van der Waals surface area (Å²) in [4.78, 5) is 23.7. The number of urea groups is 1. The number of nitrogens with zero attached hydrogens (tertiary/aromatic N) is 3. The van der Waals surface area contributed by atoms with Crippen LogP contribution in [0.15, 0.2) is 18.3 Å². The number of carbonyl (C=O) groups excluding carboxylic acids is 1. The molecule has 1 aliphatic rings. The third-order valence-corrected chi connectivity index (χ3v) is 7.01. The summed E-state index contributed by atoms with van der Waals surface area (Å²) in [7, 11) is 0. The molecule has 0 aliphatic carbocycles. The maximum atomic E-state index is 13.4. The van der Waals surface area contributed by atoms with Crippen LogP contribution in [-0.4, -0.2) is 44.1 Å². The van der Waals surface area contributed by atoms with Gasteiger partial charge in [0, 0.05) is 12.2 Å². The van der Waals surface area contributed by atoms with Crippen molar-refractivity contribution >= 4 is 39.7 Å². The molecule has 2 aromatic heterocycles. The first-order valence-electron chi connectivity index (χ1n) is 9.72. The van der Waals surface area contributed by atoms with Gasteiger partial charge in [-0.25, -0.2) is 9.78 Å². The number of hydrogen-bond donors (Lipinski definition) is 2. The van der Waals surface area contributed by atoms with Crippen molar-refractivity contribution in [3.63, 3.8) is 0 Å². The number of anilines is 1. The molecule has 3 rings (SSSR count). The van der Waals surface area contributed by atoms with E-state index in [1.54, 1.807) is 17.9 Å². The van der Waals surface area contributed by atoms with Gasteiger partial charge in [-0.1, -0.05) is 23.6 Å². The van der Waals surface area contributed by atoms with Gasteiger partial charge in [-0.05, 0) is 58.2 Å². The number of likely N-dealkylation sites (tertiary alicyclic amines) is 1. The zero-order chi connectivity index (χ0) is 23.1. The molecular weight excluding hydrogens is 447 g/mol. The van der Waals surface area contributed by atoms with E-state index in [2.05, 4.69) is 15.3 Å². The fourth-order valence-corrected chi connectivity index (χ4v) is 4.72. The smallest absolute Gasteiger partial charge is 0.392 e. The number of carbonyl (C=O) groups is 1. The van der Waals surface area contributed by atoms with Crippen molar-refractivity contribution < 1.29 is 18.0 Å². The number of halogens is 3. The highest BCUT2D eigenvalue weighted by Gasteiger charge is 2.49. The fraction of sp³-hybridized carbons (Fsp3) is 0.500. The second-order valence-electron chi connectivity index (χ2n) is 8.17. The molecule has 0 radical (unpaired) electrons. The molecule has 0 unspecified atom stereocenters. The average Bonchev–Trinajstić information content (AvgIpc) is 3.23. The van der Waals surface area contributed by atoms with Crippen molar-refractivity contribution in [3.8, 4) is 10.4 Å². The van der Waals surface area contributed by atoms with Crippen LogP contribution in [0.4, 0.5) is 23.1 Å². The minimum atomic E-state index is -4.44. The van der Waals surface area contributed by atoms with Crippen molar-refractivity contribution in [3.05, 3.63) is 29.7 Å². The number of thiazole rings is 1. The lowest BCUT2D eigenvalue weighted by Gasteiger charge is -2.27. The lowest BCUT2D eigenvalue weighted by molar-refractivity contribution is -0.181. The second-order valence-corrected chi connectivity index (χ2v) is 9.64. The van der Waals surface area contributed by atoms with E-state index < -0.39 is 11.6 Å². The van der Waals surface area contributed by atoms with Crippen molar-refractivity contribution in [1.29, 1.82) is 0 Å². The van der Waals surface area contributed by atoms with Gasteiger partial charge in [-0.2, -0.15) is 13.2 Å². The number of alkyl halides is 3. The predicted molar refractivity (Wildman–Crippen MR) is 119 cm³/mol. The summed E-state index contributed by atoms with van der Waals surface area (Å²) >= 11 is 6.28. The molecule has 1 aliphatic heterocycles. The summed E-state index contributed by atoms with van der Waals surface area (Å²) in [5, 5.41) is 3.14. The molecule has 0 spiro atoms. The molecule has 31 heavy (non-hydrogen) atoms. The van der Waals surface area contributed by atoms with Crippen LogP contribution in [0.1, 0.15) is 45.0 Å². The van der Waals surface area contributed by atoms with E-state index in [0.717, 1.165) is 20.3 Å². The van der Waals surface area contributed by atoms with Crippen molar-refractivity contribution in [2.45, 2.75) is 64.2 Å². The largest absolute Gasteiger partial charge is 0.399 e. The number of rotatable bonds is 4. The quantitative estimate of drug-likeness (QED) is 0.612. The summed E-state index contributed by atoms with van der Waals surface area (Å²) in [6.45, 7) is 5.86. The normalized spacial score (nSPS) is 19.5. The number of aromatic nitrogens is 2. The van der Waals surface area contributed by atoms with Gasteiger partial charge >= 0.3 is 12.2 Å². The molecule has 1 saturated heterocycles. The van der Waals surface area contributed by atoms with E-state index in [-0.39, 0.29) is 28.8 Å². The standard InChI is InChI=1S/C20H24F3N5OS2/c1-10-5-6-13(16(24)30)28(10)18(29)27-17-26-11(2)15(31-17)12-7-8-25-14(9-12)19(3,4)20(21,22)23/h7-10,13H,5-6H2,1-4H3,(H2,24,30)(H,26,27,29)/t10-,13+/m1/s1. The lowest BCUT2D eigenvalue weighted by Crippen LogP contribution is -2.47. The molecule has 2 atom stereocenters. The lowest BCUT2D eigenvalue weighted by atomic mass is 9.87. The Hall–Kier alpha value is -2.27. The van der Waals surface area contributed by atoms with Gasteiger partial charge in [0.2, 0.25) is 0 Å². The zero-order valence-corrected chi connectivity index (χ0v) is 19.2. The first-order chi connectivity index (χ1) is 14.3.